The number of urea groups is 1. The third-order valence-corrected chi connectivity index (χ3v) is 4.78. The maximum Gasteiger partial charge on any atom is 0.406 e. The summed E-state index contributed by atoms with van der Waals surface area (Å²) in [5.74, 6) is -0.519. The van der Waals surface area contributed by atoms with Crippen LogP contribution in [0, 0.1) is 5.82 Å². The third-order valence-electron chi connectivity index (χ3n) is 4.55. The highest BCUT2D eigenvalue weighted by atomic mass is 35.5. The fourth-order valence-electron chi connectivity index (χ4n) is 3.48. The van der Waals surface area contributed by atoms with Crippen LogP contribution in [0.2, 0.25) is 5.02 Å². The van der Waals surface area contributed by atoms with Gasteiger partial charge in [-0.25, -0.2) is 9.18 Å². The number of nitrogens with zero attached hydrogens (tertiary/aromatic N) is 1. The monoisotopic (exact) mass is 386 g/mol. The smallest absolute Gasteiger partial charge is 0.307 e. The predicted octanol–water partition coefficient (Wildman–Crippen LogP) is 5.54. The van der Waals surface area contributed by atoms with Crippen LogP contribution in [0.3, 0.4) is 0 Å². The molecular formula is C18H15ClF4N2O. The van der Waals surface area contributed by atoms with Gasteiger partial charge in [0, 0.05) is 16.3 Å². The Kier molecular flexibility index (Phi) is 4.60. The first-order valence-corrected chi connectivity index (χ1v) is 8.26. The van der Waals surface area contributed by atoms with Crippen LogP contribution in [0.5, 0.6) is 0 Å². The normalized spacial score (nSPS) is 19.9. The number of amides is 2. The first-order chi connectivity index (χ1) is 12.2. The van der Waals surface area contributed by atoms with Crippen LogP contribution in [0.15, 0.2) is 42.5 Å². The fourth-order valence-corrected chi connectivity index (χ4v) is 3.65. The Labute approximate surface area is 152 Å². The second-order valence-corrected chi connectivity index (χ2v) is 6.48. The fraction of sp³-hybridized carbons (Fsp3) is 0.278. The Morgan fingerprint density at radius 2 is 1.81 bits per heavy atom. The Hall–Kier alpha value is -2.28. The number of alkyl halides is 3. The zero-order valence-electron chi connectivity index (χ0n) is 13.7. The van der Waals surface area contributed by atoms with Crippen LogP contribution in [-0.4, -0.2) is 23.7 Å². The molecule has 1 heterocycles. The number of halogens is 5. The van der Waals surface area contributed by atoms with Crippen LogP contribution in [0.1, 0.15) is 24.5 Å². The molecule has 0 fully saturated rings. The predicted molar refractivity (Wildman–Crippen MR) is 90.7 cm³/mol. The zero-order valence-corrected chi connectivity index (χ0v) is 14.5. The number of carbonyl (C=O) groups is 1. The summed E-state index contributed by atoms with van der Waals surface area (Å²) < 4.78 is 53.1. The highest BCUT2D eigenvalue weighted by Gasteiger charge is 2.50. The van der Waals surface area contributed by atoms with Gasteiger partial charge in [0.05, 0.1) is 5.54 Å². The highest BCUT2D eigenvalue weighted by molar-refractivity contribution is 6.30. The number of fused-ring (bicyclic) bond motifs is 1. The average Bonchev–Trinajstić information content (AvgIpc) is 2.56. The molecular weight excluding hydrogens is 372 g/mol. The summed E-state index contributed by atoms with van der Waals surface area (Å²) in [6, 6.07) is 8.87. The number of anilines is 1. The molecule has 0 saturated heterocycles. The molecule has 1 aliphatic rings. The Morgan fingerprint density at radius 3 is 2.38 bits per heavy atom. The molecule has 3 rings (SSSR count). The molecule has 0 unspecified atom stereocenters. The van der Waals surface area contributed by atoms with E-state index >= 15 is 0 Å². The summed E-state index contributed by atoms with van der Waals surface area (Å²) in [6.07, 6.45) is -4.46. The maximum atomic E-state index is 13.4. The summed E-state index contributed by atoms with van der Waals surface area (Å²) in [4.78, 5) is 13.3. The summed E-state index contributed by atoms with van der Waals surface area (Å²) in [5, 5.41) is 2.81. The molecule has 0 bridgehead atoms. The van der Waals surface area contributed by atoms with Crippen molar-refractivity contribution in [2.75, 3.05) is 11.9 Å². The van der Waals surface area contributed by atoms with Crippen molar-refractivity contribution >= 4 is 23.3 Å². The SMILES string of the molecule is CC[C@]1(c2ccc(F)cc2)c2cc(Cl)ccc2NC(=O)N1CC(F)(F)F. The van der Waals surface area contributed by atoms with E-state index in [2.05, 4.69) is 5.32 Å². The lowest BCUT2D eigenvalue weighted by molar-refractivity contribution is -0.148. The van der Waals surface area contributed by atoms with E-state index < -0.39 is 30.1 Å². The minimum atomic E-state index is -4.60. The van der Waals surface area contributed by atoms with E-state index in [0.29, 0.717) is 21.8 Å². The van der Waals surface area contributed by atoms with E-state index in [0.717, 1.165) is 17.0 Å². The van der Waals surface area contributed by atoms with Crippen LogP contribution >= 0.6 is 11.6 Å². The van der Waals surface area contributed by atoms with E-state index in [-0.39, 0.29) is 6.42 Å². The number of hydrogen-bond acceptors (Lipinski definition) is 1. The van der Waals surface area contributed by atoms with Crippen LogP contribution in [0.4, 0.5) is 28.0 Å². The van der Waals surface area contributed by atoms with Gasteiger partial charge in [0.15, 0.2) is 0 Å². The van der Waals surface area contributed by atoms with Gasteiger partial charge in [0.1, 0.15) is 12.4 Å². The molecule has 1 N–H and O–H groups in total. The molecule has 26 heavy (non-hydrogen) atoms. The number of nitrogens with one attached hydrogen (secondary N) is 1. The van der Waals surface area contributed by atoms with Crippen LogP contribution in [0.25, 0.3) is 0 Å². The molecule has 8 heteroatoms. The molecule has 0 aromatic heterocycles. The van der Waals surface area contributed by atoms with Crippen LogP contribution in [-0.2, 0) is 5.54 Å². The van der Waals surface area contributed by atoms with Gasteiger partial charge in [0.2, 0.25) is 0 Å². The number of hydrogen-bond donors (Lipinski definition) is 1. The lowest BCUT2D eigenvalue weighted by atomic mass is 9.77. The summed E-state index contributed by atoms with van der Waals surface area (Å²) in [5.41, 5.74) is -0.234. The Bertz CT molecular complexity index is 838. The van der Waals surface area contributed by atoms with Gasteiger partial charge in [-0.2, -0.15) is 13.2 Å². The van der Waals surface area contributed by atoms with Gasteiger partial charge in [-0.3, -0.25) is 0 Å². The zero-order chi connectivity index (χ0) is 19.1. The quantitative estimate of drug-likeness (QED) is 0.690. The van der Waals surface area contributed by atoms with Crippen molar-refractivity contribution in [3.8, 4) is 0 Å². The van der Waals surface area contributed by atoms with Crippen molar-refractivity contribution in [1.82, 2.24) is 4.90 Å². The highest BCUT2D eigenvalue weighted by Crippen LogP contribution is 2.47. The molecule has 2 aromatic rings. The van der Waals surface area contributed by atoms with E-state index in [1.807, 2.05) is 0 Å². The van der Waals surface area contributed by atoms with Gasteiger partial charge in [-0.15, -0.1) is 0 Å². The molecule has 3 nitrogen and oxygen atoms in total. The van der Waals surface area contributed by atoms with Gasteiger partial charge in [-0.1, -0.05) is 30.7 Å². The van der Waals surface area contributed by atoms with E-state index in [4.69, 9.17) is 11.6 Å². The Morgan fingerprint density at radius 1 is 1.15 bits per heavy atom. The van der Waals surface area contributed by atoms with Crippen molar-refractivity contribution in [2.45, 2.75) is 25.1 Å². The first kappa shape index (κ1) is 18.5. The molecule has 0 saturated carbocycles. The van der Waals surface area contributed by atoms with Gasteiger partial charge in [-0.05, 0) is 42.3 Å². The lowest BCUT2D eigenvalue weighted by Crippen LogP contribution is -2.57. The van der Waals surface area contributed by atoms with Gasteiger partial charge < -0.3 is 10.2 Å². The second kappa shape index (κ2) is 6.46. The summed E-state index contributed by atoms with van der Waals surface area (Å²) in [6.45, 7) is 0.228. The van der Waals surface area contributed by atoms with Crippen molar-refractivity contribution in [1.29, 1.82) is 0 Å². The first-order valence-electron chi connectivity index (χ1n) is 7.89. The molecule has 1 atom stereocenters. The van der Waals surface area contributed by atoms with Gasteiger partial charge >= 0.3 is 12.2 Å². The summed E-state index contributed by atoms with van der Waals surface area (Å²) in [7, 11) is 0. The number of benzene rings is 2. The van der Waals surface area contributed by atoms with Crippen molar-refractivity contribution < 1.29 is 22.4 Å². The minimum absolute atomic E-state index is 0.148. The number of rotatable bonds is 3. The van der Waals surface area contributed by atoms with Crippen molar-refractivity contribution in [3.63, 3.8) is 0 Å². The van der Waals surface area contributed by atoms with E-state index in [1.54, 1.807) is 19.1 Å². The minimum Gasteiger partial charge on any atom is -0.307 e. The van der Waals surface area contributed by atoms with Gasteiger partial charge in [0.25, 0.3) is 0 Å². The molecule has 0 spiro atoms. The third kappa shape index (κ3) is 3.11. The maximum absolute atomic E-state index is 13.4. The molecule has 2 amide bonds. The second-order valence-electron chi connectivity index (χ2n) is 6.04. The van der Waals surface area contributed by atoms with Crippen molar-refractivity contribution in [2.24, 2.45) is 0 Å². The molecule has 138 valence electrons. The lowest BCUT2D eigenvalue weighted by Gasteiger charge is -2.48. The summed E-state index contributed by atoms with van der Waals surface area (Å²) >= 11 is 6.08. The van der Waals surface area contributed by atoms with E-state index in [1.165, 1.54) is 18.2 Å². The number of carbonyl (C=O) groups excluding carboxylic acids is 1. The standard InChI is InChI=1S/C18H15ClF4N2O/c1-2-17(11-3-6-13(20)7-4-11)14-9-12(19)5-8-15(14)24-16(26)25(17)10-18(21,22)23/h3-9H,2,10H2,1H3,(H,24,26)/t17-/m0/s1. The molecule has 1 aliphatic heterocycles. The van der Waals surface area contributed by atoms with Crippen LogP contribution < -0.4 is 5.32 Å². The van der Waals surface area contributed by atoms with E-state index in [9.17, 15) is 22.4 Å². The van der Waals surface area contributed by atoms with Crippen molar-refractivity contribution in [3.05, 3.63) is 64.4 Å². The molecule has 0 aliphatic carbocycles. The molecule has 2 aromatic carbocycles. The Balaban J connectivity index is 2.30. The molecule has 0 radical (unpaired) electrons. The average molecular weight is 387 g/mol. The topological polar surface area (TPSA) is 32.3 Å². The largest absolute Gasteiger partial charge is 0.406 e.